The zero-order chi connectivity index (χ0) is 13.7. The van der Waals surface area contributed by atoms with E-state index in [0.717, 1.165) is 24.9 Å². The van der Waals surface area contributed by atoms with Gasteiger partial charge in [-0.2, -0.15) is 0 Å². The standard InChI is InChI=1S/C14H19N3O2/c1-15-13(18)11-6-4-10(5-7-11)9-17-14(19)12-3-2-8-16-12/h4-7,12,16H,2-3,8-9H2,1H3,(H,15,18)(H,17,19)/t12-/m1/s1. The van der Waals surface area contributed by atoms with Gasteiger partial charge in [0.25, 0.3) is 5.91 Å². The van der Waals surface area contributed by atoms with Crippen LogP contribution in [0.25, 0.3) is 0 Å². The van der Waals surface area contributed by atoms with E-state index in [0.29, 0.717) is 12.1 Å². The van der Waals surface area contributed by atoms with Crippen LogP contribution in [0.2, 0.25) is 0 Å². The molecule has 0 unspecified atom stereocenters. The number of carbonyl (C=O) groups excluding carboxylic acids is 2. The highest BCUT2D eigenvalue weighted by Gasteiger charge is 2.21. The Bertz CT molecular complexity index is 450. The Balaban J connectivity index is 1.85. The molecule has 1 fully saturated rings. The van der Waals surface area contributed by atoms with Crippen molar-refractivity contribution in [2.45, 2.75) is 25.4 Å². The van der Waals surface area contributed by atoms with Gasteiger partial charge in [-0.3, -0.25) is 9.59 Å². The van der Waals surface area contributed by atoms with Crippen LogP contribution in [0.3, 0.4) is 0 Å². The van der Waals surface area contributed by atoms with Crippen LogP contribution in [0.1, 0.15) is 28.8 Å². The van der Waals surface area contributed by atoms with Gasteiger partial charge in [-0.1, -0.05) is 12.1 Å². The Morgan fingerprint density at radius 1 is 1.32 bits per heavy atom. The Morgan fingerprint density at radius 2 is 2.05 bits per heavy atom. The number of hydrogen-bond donors (Lipinski definition) is 3. The average Bonchev–Trinajstić information content (AvgIpc) is 2.98. The second-order valence-corrected chi connectivity index (χ2v) is 4.64. The first-order valence-corrected chi connectivity index (χ1v) is 6.53. The van der Waals surface area contributed by atoms with Crippen LogP contribution < -0.4 is 16.0 Å². The van der Waals surface area contributed by atoms with Crippen LogP contribution in [0.4, 0.5) is 0 Å². The van der Waals surface area contributed by atoms with Gasteiger partial charge in [0.15, 0.2) is 0 Å². The zero-order valence-corrected chi connectivity index (χ0v) is 11.0. The Hall–Kier alpha value is -1.88. The number of amides is 2. The summed E-state index contributed by atoms with van der Waals surface area (Å²) in [4.78, 5) is 23.2. The predicted molar refractivity (Wildman–Crippen MR) is 72.7 cm³/mol. The summed E-state index contributed by atoms with van der Waals surface area (Å²) in [5.41, 5.74) is 1.61. The fourth-order valence-corrected chi connectivity index (χ4v) is 2.14. The lowest BCUT2D eigenvalue weighted by atomic mass is 10.1. The summed E-state index contributed by atoms with van der Waals surface area (Å²) in [6.45, 7) is 1.41. The summed E-state index contributed by atoms with van der Waals surface area (Å²) < 4.78 is 0. The van der Waals surface area contributed by atoms with Crippen LogP contribution >= 0.6 is 0 Å². The van der Waals surface area contributed by atoms with Gasteiger partial charge in [-0.05, 0) is 37.1 Å². The summed E-state index contributed by atoms with van der Waals surface area (Å²) in [5.74, 6) is -0.0568. The van der Waals surface area contributed by atoms with Gasteiger partial charge in [0.2, 0.25) is 5.91 Å². The fraction of sp³-hybridized carbons (Fsp3) is 0.429. The van der Waals surface area contributed by atoms with Crippen LogP contribution in [0.15, 0.2) is 24.3 Å². The Labute approximate surface area is 112 Å². The first-order chi connectivity index (χ1) is 9.20. The lowest BCUT2D eigenvalue weighted by Crippen LogP contribution is -2.39. The molecule has 0 saturated carbocycles. The molecule has 1 aromatic rings. The third-order valence-electron chi connectivity index (χ3n) is 3.29. The number of benzene rings is 1. The van der Waals surface area contributed by atoms with Crippen molar-refractivity contribution in [2.24, 2.45) is 0 Å². The van der Waals surface area contributed by atoms with Gasteiger partial charge < -0.3 is 16.0 Å². The van der Waals surface area contributed by atoms with E-state index < -0.39 is 0 Å². The minimum atomic E-state index is -0.106. The van der Waals surface area contributed by atoms with E-state index in [1.807, 2.05) is 12.1 Å². The second kappa shape index (κ2) is 6.33. The summed E-state index contributed by atoms with van der Waals surface area (Å²) in [6.07, 6.45) is 1.96. The van der Waals surface area contributed by atoms with E-state index in [1.165, 1.54) is 0 Å². The highest BCUT2D eigenvalue weighted by atomic mass is 16.2. The molecule has 0 aliphatic carbocycles. The molecule has 0 spiro atoms. The lowest BCUT2D eigenvalue weighted by Gasteiger charge is -2.11. The first-order valence-electron chi connectivity index (χ1n) is 6.53. The molecule has 19 heavy (non-hydrogen) atoms. The average molecular weight is 261 g/mol. The highest BCUT2D eigenvalue weighted by Crippen LogP contribution is 2.07. The maximum atomic E-state index is 11.8. The van der Waals surface area contributed by atoms with Crippen molar-refractivity contribution in [3.8, 4) is 0 Å². The molecular weight excluding hydrogens is 242 g/mol. The highest BCUT2D eigenvalue weighted by molar-refractivity contribution is 5.93. The molecule has 1 heterocycles. The maximum Gasteiger partial charge on any atom is 0.251 e. The second-order valence-electron chi connectivity index (χ2n) is 4.64. The molecule has 1 atom stereocenters. The van der Waals surface area contributed by atoms with Gasteiger partial charge in [-0.15, -0.1) is 0 Å². The monoisotopic (exact) mass is 261 g/mol. The molecule has 0 radical (unpaired) electrons. The van der Waals surface area contributed by atoms with Gasteiger partial charge in [0.05, 0.1) is 6.04 Å². The summed E-state index contributed by atoms with van der Waals surface area (Å²) >= 11 is 0. The summed E-state index contributed by atoms with van der Waals surface area (Å²) in [5, 5.41) is 8.63. The number of rotatable bonds is 4. The molecule has 3 N–H and O–H groups in total. The van der Waals surface area contributed by atoms with Gasteiger partial charge in [-0.25, -0.2) is 0 Å². The van der Waals surface area contributed by atoms with Gasteiger partial charge >= 0.3 is 0 Å². The third-order valence-corrected chi connectivity index (χ3v) is 3.29. The zero-order valence-electron chi connectivity index (χ0n) is 11.0. The minimum absolute atomic E-state index is 0.0490. The van der Waals surface area contributed by atoms with Crippen molar-refractivity contribution >= 4 is 11.8 Å². The predicted octanol–water partition coefficient (Wildman–Crippen LogP) is 0.414. The van der Waals surface area contributed by atoms with Crippen molar-refractivity contribution in [1.82, 2.24) is 16.0 Å². The molecule has 2 amide bonds. The molecular formula is C14H19N3O2. The summed E-state index contributed by atoms with van der Waals surface area (Å²) in [6, 6.07) is 7.17. The maximum absolute atomic E-state index is 11.8. The van der Waals surface area contributed by atoms with Crippen LogP contribution in [0.5, 0.6) is 0 Å². The fourth-order valence-electron chi connectivity index (χ4n) is 2.14. The Morgan fingerprint density at radius 3 is 2.63 bits per heavy atom. The smallest absolute Gasteiger partial charge is 0.251 e. The molecule has 0 bridgehead atoms. The first kappa shape index (κ1) is 13.5. The topological polar surface area (TPSA) is 70.2 Å². The molecule has 102 valence electrons. The lowest BCUT2D eigenvalue weighted by molar-refractivity contribution is -0.122. The van der Waals surface area contributed by atoms with Crippen molar-refractivity contribution < 1.29 is 9.59 Å². The molecule has 1 aliphatic rings. The normalized spacial score (nSPS) is 18.1. The van der Waals surface area contributed by atoms with Crippen molar-refractivity contribution in [3.63, 3.8) is 0 Å². The quantitative estimate of drug-likeness (QED) is 0.735. The molecule has 1 aliphatic heterocycles. The summed E-state index contributed by atoms with van der Waals surface area (Å²) in [7, 11) is 1.60. The van der Waals surface area contributed by atoms with E-state index in [4.69, 9.17) is 0 Å². The van der Waals surface area contributed by atoms with Gasteiger partial charge in [0, 0.05) is 19.2 Å². The van der Waals surface area contributed by atoms with Crippen LogP contribution in [-0.4, -0.2) is 31.4 Å². The van der Waals surface area contributed by atoms with E-state index in [-0.39, 0.29) is 17.9 Å². The molecule has 0 aromatic heterocycles. The SMILES string of the molecule is CNC(=O)c1ccc(CNC(=O)[C@H]2CCCN2)cc1. The van der Waals surface area contributed by atoms with Gasteiger partial charge in [0.1, 0.15) is 0 Å². The molecule has 2 rings (SSSR count). The van der Waals surface area contributed by atoms with Crippen molar-refractivity contribution in [3.05, 3.63) is 35.4 Å². The van der Waals surface area contributed by atoms with E-state index >= 15 is 0 Å². The Kier molecular flexibility index (Phi) is 4.52. The molecule has 1 saturated heterocycles. The number of hydrogen-bond acceptors (Lipinski definition) is 3. The van der Waals surface area contributed by atoms with Crippen molar-refractivity contribution in [1.29, 1.82) is 0 Å². The van der Waals surface area contributed by atoms with Crippen LogP contribution in [0, 0.1) is 0 Å². The molecule has 1 aromatic carbocycles. The molecule has 5 nitrogen and oxygen atoms in total. The largest absolute Gasteiger partial charge is 0.355 e. The minimum Gasteiger partial charge on any atom is -0.355 e. The van der Waals surface area contributed by atoms with E-state index in [1.54, 1.807) is 19.2 Å². The molecule has 5 heteroatoms. The number of nitrogens with one attached hydrogen (secondary N) is 3. The van der Waals surface area contributed by atoms with Crippen molar-refractivity contribution in [2.75, 3.05) is 13.6 Å². The third kappa shape index (κ3) is 3.54. The van der Waals surface area contributed by atoms with E-state index in [2.05, 4.69) is 16.0 Å². The van der Waals surface area contributed by atoms with Crippen LogP contribution in [-0.2, 0) is 11.3 Å². The number of carbonyl (C=O) groups is 2. The van der Waals surface area contributed by atoms with E-state index in [9.17, 15) is 9.59 Å².